The van der Waals surface area contributed by atoms with Crippen LogP contribution in [0.3, 0.4) is 0 Å². The van der Waals surface area contributed by atoms with E-state index in [2.05, 4.69) is 21.8 Å². The number of rotatable bonds is 8. The number of hydrogen-bond donors (Lipinski definition) is 2. The molecular formula is C23H29N3O6S. The van der Waals surface area contributed by atoms with Crippen LogP contribution in [0.4, 0.5) is 4.79 Å². The number of fused-ring (bicyclic) bond motifs is 4. The van der Waals surface area contributed by atoms with Crippen molar-refractivity contribution in [2.24, 2.45) is 11.8 Å². The van der Waals surface area contributed by atoms with Crippen molar-refractivity contribution in [3.05, 3.63) is 48.7 Å². The smallest absolute Gasteiger partial charge is 0.407 e. The van der Waals surface area contributed by atoms with Crippen molar-refractivity contribution in [3.8, 4) is 5.75 Å². The predicted molar refractivity (Wildman–Crippen MR) is 124 cm³/mol. The average Bonchev–Trinajstić information content (AvgIpc) is 2.81. The normalized spacial score (nSPS) is 25.4. The van der Waals surface area contributed by atoms with Crippen LogP contribution in [0, 0.1) is 11.8 Å². The number of pyridine rings is 1. The topological polar surface area (TPSA) is 118 Å². The van der Waals surface area contributed by atoms with Crippen LogP contribution in [0.15, 0.2) is 43.1 Å². The number of nitrogens with one attached hydrogen (secondary N) is 1. The van der Waals surface area contributed by atoms with Gasteiger partial charge < -0.3 is 14.8 Å². The van der Waals surface area contributed by atoms with Crippen molar-refractivity contribution < 1.29 is 27.2 Å². The van der Waals surface area contributed by atoms with Gasteiger partial charge in [0, 0.05) is 30.2 Å². The maximum atomic E-state index is 12.7. The van der Waals surface area contributed by atoms with Gasteiger partial charge in [0.05, 0.1) is 24.4 Å². The third-order valence-electron chi connectivity index (χ3n) is 6.66. The molecule has 4 heterocycles. The molecule has 3 fully saturated rings. The van der Waals surface area contributed by atoms with Crippen LogP contribution < -0.4 is 10.1 Å². The van der Waals surface area contributed by atoms with E-state index in [0.717, 1.165) is 42.4 Å². The van der Waals surface area contributed by atoms with Gasteiger partial charge in [-0.1, -0.05) is 6.08 Å². The molecule has 33 heavy (non-hydrogen) atoms. The first-order chi connectivity index (χ1) is 15.8. The summed E-state index contributed by atoms with van der Waals surface area (Å²) in [5.41, 5.74) is 1.57. The first-order valence-corrected chi connectivity index (χ1v) is 12.6. The molecule has 1 unspecified atom stereocenters. The van der Waals surface area contributed by atoms with Crippen molar-refractivity contribution in [1.29, 1.82) is 0 Å². The Morgan fingerprint density at radius 3 is 2.91 bits per heavy atom. The highest BCUT2D eigenvalue weighted by atomic mass is 32.2. The Morgan fingerprint density at radius 1 is 1.42 bits per heavy atom. The van der Waals surface area contributed by atoms with E-state index in [1.54, 1.807) is 13.3 Å². The SMILES string of the molecule is C=C[C@H]1CN2CC[C@H]1C[C@H]2[C@H](OC(=O)NCCS(=O)(=O)O)c1ccnc2ccc(OC)cc12. The van der Waals surface area contributed by atoms with Crippen molar-refractivity contribution in [3.63, 3.8) is 0 Å². The third-order valence-corrected chi connectivity index (χ3v) is 7.38. The van der Waals surface area contributed by atoms with Gasteiger partial charge in [-0.2, -0.15) is 8.42 Å². The zero-order valence-electron chi connectivity index (χ0n) is 18.5. The summed E-state index contributed by atoms with van der Waals surface area (Å²) < 4.78 is 42.2. The summed E-state index contributed by atoms with van der Waals surface area (Å²) in [6.45, 7) is 5.50. The first-order valence-electron chi connectivity index (χ1n) is 11.0. The standard InChI is InChI=1S/C23H29N3O6S/c1-3-15-14-26-10-7-16(15)12-21(26)22(32-23(27)25-9-11-33(28,29)30)18-6-8-24-20-5-4-17(31-2)13-19(18)20/h3-6,8,13,15-16,21-22H,1,7,9-12,14H2,2H3,(H,25,27)(H,28,29,30)/t15-,16-,21-,22+/m0/s1. The zero-order valence-corrected chi connectivity index (χ0v) is 19.3. The van der Waals surface area contributed by atoms with Gasteiger partial charge in [-0.25, -0.2) is 4.79 Å². The summed E-state index contributed by atoms with van der Waals surface area (Å²) in [5, 5.41) is 3.27. The van der Waals surface area contributed by atoms with E-state index in [1.165, 1.54) is 0 Å². The summed E-state index contributed by atoms with van der Waals surface area (Å²) in [4.78, 5) is 19.4. The molecule has 1 aromatic heterocycles. The lowest BCUT2D eigenvalue weighted by molar-refractivity contribution is -0.0497. The van der Waals surface area contributed by atoms with Gasteiger partial charge in [0.25, 0.3) is 10.1 Å². The molecule has 0 saturated carbocycles. The van der Waals surface area contributed by atoms with Crippen molar-refractivity contribution in [2.45, 2.75) is 25.0 Å². The molecule has 1 aromatic carbocycles. The van der Waals surface area contributed by atoms with Gasteiger partial charge in [-0.3, -0.25) is 14.4 Å². The Bertz CT molecular complexity index is 1140. The minimum atomic E-state index is -4.18. The fourth-order valence-corrected chi connectivity index (χ4v) is 5.36. The highest BCUT2D eigenvalue weighted by Gasteiger charge is 2.44. The summed E-state index contributed by atoms with van der Waals surface area (Å²) in [6.07, 6.45) is 4.30. The van der Waals surface area contributed by atoms with Gasteiger partial charge in [0.15, 0.2) is 0 Å². The lowest BCUT2D eigenvalue weighted by Crippen LogP contribution is -2.55. The molecule has 5 atom stereocenters. The van der Waals surface area contributed by atoms with Crippen LogP contribution in [0.1, 0.15) is 24.5 Å². The second-order valence-corrected chi connectivity index (χ2v) is 10.1. The molecule has 2 aromatic rings. The summed E-state index contributed by atoms with van der Waals surface area (Å²) in [5.74, 6) is 0.966. The van der Waals surface area contributed by atoms with E-state index in [-0.39, 0.29) is 12.6 Å². The monoisotopic (exact) mass is 475 g/mol. The van der Waals surface area contributed by atoms with E-state index in [4.69, 9.17) is 14.0 Å². The molecule has 2 bridgehead atoms. The number of alkyl carbamates (subject to hydrolysis) is 1. The van der Waals surface area contributed by atoms with Crippen molar-refractivity contribution in [2.75, 3.05) is 32.5 Å². The number of benzene rings is 1. The fourth-order valence-electron chi connectivity index (χ4n) is 5.00. The number of nitrogens with zero attached hydrogens (tertiary/aromatic N) is 2. The van der Waals surface area contributed by atoms with E-state index < -0.39 is 28.1 Å². The number of ether oxygens (including phenoxy) is 2. The number of hydrogen-bond acceptors (Lipinski definition) is 7. The Labute approximate surface area is 193 Å². The van der Waals surface area contributed by atoms with Crippen LogP contribution >= 0.6 is 0 Å². The Kier molecular flexibility index (Phi) is 6.87. The maximum Gasteiger partial charge on any atom is 0.407 e. The second-order valence-electron chi connectivity index (χ2n) is 8.57. The zero-order chi connectivity index (χ0) is 23.6. The van der Waals surface area contributed by atoms with Crippen molar-refractivity contribution in [1.82, 2.24) is 15.2 Å². The highest BCUT2D eigenvalue weighted by Crippen LogP contribution is 2.43. The minimum Gasteiger partial charge on any atom is -0.497 e. The summed E-state index contributed by atoms with van der Waals surface area (Å²) in [6, 6.07) is 7.39. The van der Waals surface area contributed by atoms with E-state index in [1.807, 2.05) is 30.3 Å². The predicted octanol–water partition coefficient (Wildman–Crippen LogP) is 2.79. The molecule has 5 rings (SSSR count). The first kappa shape index (κ1) is 23.5. The molecule has 10 heteroatoms. The fraction of sp³-hybridized carbons (Fsp3) is 0.478. The van der Waals surface area contributed by atoms with Gasteiger partial charge in [-0.15, -0.1) is 6.58 Å². The van der Waals surface area contributed by atoms with Gasteiger partial charge >= 0.3 is 6.09 Å². The molecule has 3 aliphatic rings. The van der Waals surface area contributed by atoms with Gasteiger partial charge in [0.2, 0.25) is 0 Å². The van der Waals surface area contributed by atoms with Crippen molar-refractivity contribution >= 4 is 27.1 Å². The van der Waals surface area contributed by atoms with E-state index in [0.29, 0.717) is 17.6 Å². The van der Waals surface area contributed by atoms with Crippen LogP contribution in [0.5, 0.6) is 5.75 Å². The number of carbonyl (C=O) groups excluding carboxylic acids is 1. The minimum absolute atomic E-state index is 0.0379. The lowest BCUT2D eigenvalue weighted by atomic mass is 9.73. The molecule has 0 aliphatic carbocycles. The number of aromatic nitrogens is 1. The maximum absolute atomic E-state index is 12.7. The average molecular weight is 476 g/mol. The Morgan fingerprint density at radius 2 is 2.24 bits per heavy atom. The molecule has 3 aliphatic heterocycles. The molecule has 178 valence electrons. The van der Waals surface area contributed by atoms with Crippen LogP contribution in [0.25, 0.3) is 10.9 Å². The highest BCUT2D eigenvalue weighted by molar-refractivity contribution is 7.85. The number of carbonyl (C=O) groups is 1. The van der Waals surface area contributed by atoms with Crippen LogP contribution in [0.2, 0.25) is 0 Å². The molecule has 9 nitrogen and oxygen atoms in total. The Balaban J connectivity index is 1.66. The van der Waals surface area contributed by atoms with Crippen LogP contribution in [-0.2, 0) is 14.9 Å². The lowest BCUT2D eigenvalue weighted by Gasteiger charge is -2.51. The third kappa shape index (κ3) is 5.29. The van der Waals surface area contributed by atoms with Crippen LogP contribution in [-0.4, -0.2) is 67.5 Å². The quantitative estimate of drug-likeness (QED) is 0.442. The molecular weight excluding hydrogens is 446 g/mol. The van der Waals surface area contributed by atoms with E-state index >= 15 is 0 Å². The molecule has 1 amide bonds. The molecule has 2 N–H and O–H groups in total. The molecule has 3 saturated heterocycles. The largest absolute Gasteiger partial charge is 0.497 e. The number of methoxy groups -OCH3 is 1. The number of amides is 1. The van der Waals surface area contributed by atoms with Gasteiger partial charge in [-0.05, 0) is 55.5 Å². The number of piperidine rings is 3. The molecule has 0 spiro atoms. The van der Waals surface area contributed by atoms with E-state index in [9.17, 15) is 13.2 Å². The van der Waals surface area contributed by atoms with Gasteiger partial charge in [0.1, 0.15) is 11.9 Å². The Hall–Kier alpha value is -2.69. The summed E-state index contributed by atoms with van der Waals surface area (Å²) >= 11 is 0. The second kappa shape index (κ2) is 9.66. The molecule has 0 radical (unpaired) electrons. The summed E-state index contributed by atoms with van der Waals surface area (Å²) in [7, 11) is -2.59.